The average molecular weight is 211 g/mol. The number of hydrogen-bond acceptors (Lipinski definition) is 0. The normalized spacial score (nSPS) is 11.7. The van der Waals surface area contributed by atoms with Gasteiger partial charge in [0.15, 0.2) is 0 Å². The Hall–Kier alpha value is -0.560. The van der Waals surface area contributed by atoms with Crippen LogP contribution in [0.25, 0.3) is 5.57 Å². The van der Waals surface area contributed by atoms with E-state index in [0.717, 1.165) is 4.47 Å². The van der Waals surface area contributed by atoms with Crippen LogP contribution in [0, 0.1) is 0 Å². The van der Waals surface area contributed by atoms with Crippen molar-refractivity contribution in [1.29, 1.82) is 0 Å². The summed E-state index contributed by atoms with van der Waals surface area (Å²) < 4.78 is 1.14. The van der Waals surface area contributed by atoms with Gasteiger partial charge in [-0.15, -0.1) is 0 Å². The highest BCUT2D eigenvalue weighted by molar-refractivity contribution is 9.10. The highest BCUT2D eigenvalue weighted by Crippen LogP contribution is 2.18. The fraction of sp³-hybridized carbons (Fsp3) is 0.200. The van der Waals surface area contributed by atoms with Crippen molar-refractivity contribution in [2.75, 3.05) is 0 Å². The van der Waals surface area contributed by atoms with Crippen LogP contribution in [0.15, 0.2) is 34.8 Å². The van der Waals surface area contributed by atoms with Crippen molar-refractivity contribution in [3.63, 3.8) is 0 Å². The van der Waals surface area contributed by atoms with Crippen molar-refractivity contribution in [3.8, 4) is 0 Å². The van der Waals surface area contributed by atoms with Crippen LogP contribution >= 0.6 is 15.9 Å². The summed E-state index contributed by atoms with van der Waals surface area (Å²) in [6, 6.07) is 8.31. The van der Waals surface area contributed by atoms with E-state index < -0.39 is 0 Å². The van der Waals surface area contributed by atoms with Gasteiger partial charge in [0.05, 0.1) is 0 Å². The molecule has 0 amide bonds. The predicted molar refractivity (Wildman–Crippen MR) is 53.5 cm³/mol. The fourth-order valence-electron chi connectivity index (χ4n) is 0.900. The standard InChI is InChI=1S/C10H11Br/c1-3-8(2)9-5-4-6-10(11)7-9/h3-7H,1-2H3. The first kappa shape index (κ1) is 8.54. The van der Waals surface area contributed by atoms with Gasteiger partial charge in [-0.3, -0.25) is 0 Å². The number of benzene rings is 1. The van der Waals surface area contributed by atoms with Crippen LogP contribution in [0.1, 0.15) is 19.4 Å². The first-order chi connectivity index (χ1) is 5.24. The van der Waals surface area contributed by atoms with Crippen LogP contribution in [0.5, 0.6) is 0 Å². The summed E-state index contributed by atoms with van der Waals surface area (Å²) in [6.07, 6.45) is 2.11. The van der Waals surface area contributed by atoms with Gasteiger partial charge in [-0.2, -0.15) is 0 Å². The molecule has 0 atom stereocenters. The molecule has 0 radical (unpaired) electrons. The van der Waals surface area contributed by atoms with Gasteiger partial charge >= 0.3 is 0 Å². The summed E-state index contributed by atoms with van der Waals surface area (Å²) in [4.78, 5) is 0. The average Bonchev–Trinajstić information content (AvgIpc) is 2.03. The minimum atomic E-state index is 1.14. The molecule has 0 spiro atoms. The number of hydrogen-bond donors (Lipinski definition) is 0. The topological polar surface area (TPSA) is 0 Å². The van der Waals surface area contributed by atoms with E-state index in [1.165, 1.54) is 11.1 Å². The number of halogens is 1. The van der Waals surface area contributed by atoms with Crippen molar-refractivity contribution in [1.82, 2.24) is 0 Å². The van der Waals surface area contributed by atoms with Crippen LogP contribution < -0.4 is 0 Å². The second-order valence-electron chi connectivity index (χ2n) is 2.48. The highest BCUT2D eigenvalue weighted by Gasteiger charge is 1.93. The van der Waals surface area contributed by atoms with E-state index in [4.69, 9.17) is 0 Å². The quantitative estimate of drug-likeness (QED) is 0.661. The van der Waals surface area contributed by atoms with E-state index in [9.17, 15) is 0 Å². The molecule has 1 aromatic rings. The predicted octanol–water partition coefficient (Wildman–Crippen LogP) is 3.87. The number of rotatable bonds is 1. The Balaban J connectivity index is 3.06. The molecule has 1 aromatic carbocycles. The lowest BCUT2D eigenvalue weighted by atomic mass is 10.1. The van der Waals surface area contributed by atoms with Gasteiger partial charge in [-0.1, -0.05) is 34.1 Å². The van der Waals surface area contributed by atoms with E-state index >= 15 is 0 Å². The Morgan fingerprint density at radius 2 is 2.18 bits per heavy atom. The molecule has 0 saturated heterocycles. The molecule has 0 unspecified atom stereocenters. The maximum absolute atomic E-state index is 3.43. The lowest BCUT2D eigenvalue weighted by Crippen LogP contribution is -1.77. The van der Waals surface area contributed by atoms with Gasteiger partial charge in [-0.25, -0.2) is 0 Å². The Bertz CT molecular complexity index is 274. The molecule has 0 heterocycles. The lowest BCUT2D eigenvalue weighted by molar-refractivity contribution is 1.52. The zero-order valence-electron chi connectivity index (χ0n) is 6.76. The van der Waals surface area contributed by atoms with Crippen LogP contribution in [-0.2, 0) is 0 Å². The first-order valence-corrected chi connectivity index (χ1v) is 4.42. The lowest BCUT2D eigenvalue weighted by Gasteiger charge is -1.99. The van der Waals surface area contributed by atoms with Gasteiger partial charge in [0.25, 0.3) is 0 Å². The third-order valence-corrected chi connectivity index (χ3v) is 2.21. The summed E-state index contributed by atoms with van der Waals surface area (Å²) in [5.41, 5.74) is 2.59. The monoisotopic (exact) mass is 210 g/mol. The SMILES string of the molecule is CC=C(C)c1cccc(Br)c1. The van der Waals surface area contributed by atoms with Crippen molar-refractivity contribution < 1.29 is 0 Å². The fourth-order valence-corrected chi connectivity index (χ4v) is 1.30. The third kappa shape index (κ3) is 2.19. The van der Waals surface area contributed by atoms with E-state index in [1.54, 1.807) is 0 Å². The molecule has 0 aromatic heterocycles. The molecule has 58 valence electrons. The molecule has 0 nitrogen and oxygen atoms in total. The minimum Gasteiger partial charge on any atom is -0.0841 e. The van der Waals surface area contributed by atoms with Crippen LogP contribution in [0.3, 0.4) is 0 Å². The summed E-state index contributed by atoms with van der Waals surface area (Å²) in [7, 11) is 0. The van der Waals surface area contributed by atoms with Crippen LogP contribution in [0.4, 0.5) is 0 Å². The maximum atomic E-state index is 3.43. The maximum Gasteiger partial charge on any atom is 0.0181 e. The first-order valence-electron chi connectivity index (χ1n) is 3.63. The summed E-state index contributed by atoms with van der Waals surface area (Å²) in [6.45, 7) is 4.16. The minimum absolute atomic E-state index is 1.14. The third-order valence-electron chi connectivity index (χ3n) is 1.71. The largest absolute Gasteiger partial charge is 0.0841 e. The van der Waals surface area contributed by atoms with Crippen molar-refractivity contribution in [2.24, 2.45) is 0 Å². The molecule has 0 aliphatic rings. The van der Waals surface area contributed by atoms with E-state index in [0.29, 0.717) is 0 Å². The molecule has 11 heavy (non-hydrogen) atoms. The van der Waals surface area contributed by atoms with Crippen molar-refractivity contribution in [2.45, 2.75) is 13.8 Å². The second-order valence-corrected chi connectivity index (χ2v) is 3.40. The molecular formula is C10H11Br. The molecule has 1 heteroatoms. The van der Waals surface area contributed by atoms with E-state index in [-0.39, 0.29) is 0 Å². The second kappa shape index (κ2) is 3.72. The smallest absolute Gasteiger partial charge is 0.0181 e. The molecular weight excluding hydrogens is 200 g/mol. The van der Waals surface area contributed by atoms with Crippen LogP contribution in [0.2, 0.25) is 0 Å². The molecule has 0 N–H and O–H groups in total. The van der Waals surface area contributed by atoms with Crippen molar-refractivity contribution >= 4 is 21.5 Å². The zero-order chi connectivity index (χ0) is 8.27. The Labute approximate surface area is 76.1 Å². The van der Waals surface area contributed by atoms with Gasteiger partial charge in [0, 0.05) is 4.47 Å². The summed E-state index contributed by atoms with van der Waals surface area (Å²) in [5.74, 6) is 0. The zero-order valence-corrected chi connectivity index (χ0v) is 8.35. The van der Waals surface area contributed by atoms with Gasteiger partial charge in [0.2, 0.25) is 0 Å². The van der Waals surface area contributed by atoms with E-state index in [2.05, 4.69) is 48.0 Å². The van der Waals surface area contributed by atoms with E-state index in [1.807, 2.05) is 12.1 Å². The number of allylic oxidation sites excluding steroid dienone is 2. The molecule has 0 fully saturated rings. The Morgan fingerprint density at radius 3 is 2.73 bits per heavy atom. The Kier molecular flexibility index (Phi) is 2.89. The van der Waals surface area contributed by atoms with Gasteiger partial charge in [0.1, 0.15) is 0 Å². The summed E-state index contributed by atoms with van der Waals surface area (Å²) in [5, 5.41) is 0. The summed E-state index contributed by atoms with van der Waals surface area (Å²) >= 11 is 3.43. The van der Waals surface area contributed by atoms with Crippen LogP contribution in [-0.4, -0.2) is 0 Å². The van der Waals surface area contributed by atoms with Crippen molar-refractivity contribution in [3.05, 3.63) is 40.4 Å². The van der Waals surface area contributed by atoms with Gasteiger partial charge in [-0.05, 0) is 37.1 Å². The Morgan fingerprint density at radius 1 is 1.45 bits per heavy atom. The van der Waals surface area contributed by atoms with Gasteiger partial charge < -0.3 is 0 Å². The molecule has 0 bridgehead atoms. The highest BCUT2D eigenvalue weighted by atomic mass is 79.9. The molecule has 0 saturated carbocycles. The molecule has 0 aliphatic carbocycles. The molecule has 0 aliphatic heterocycles. The molecule has 1 rings (SSSR count).